The van der Waals surface area contributed by atoms with Crippen LogP contribution >= 0.6 is 0 Å². The first-order chi connectivity index (χ1) is 8.75. The fourth-order valence-electron chi connectivity index (χ4n) is 1.84. The van der Waals surface area contributed by atoms with Crippen LogP contribution in [0.4, 0.5) is 0 Å². The van der Waals surface area contributed by atoms with E-state index in [-0.39, 0.29) is 29.9 Å². The average molecular weight is 269 g/mol. The van der Waals surface area contributed by atoms with E-state index in [1.54, 1.807) is 11.8 Å². The van der Waals surface area contributed by atoms with Gasteiger partial charge in [0.25, 0.3) is 0 Å². The normalized spacial score (nSPS) is 16.9. The van der Waals surface area contributed by atoms with E-state index in [0.29, 0.717) is 18.9 Å². The van der Waals surface area contributed by atoms with Gasteiger partial charge in [0.1, 0.15) is 6.54 Å². The van der Waals surface area contributed by atoms with Crippen LogP contribution in [0, 0.1) is 11.3 Å². The summed E-state index contributed by atoms with van der Waals surface area (Å²) in [5.41, 5.74) is 0.106. The molecule has 1 rings (SSSR count). The molecule has 1 saturated carbocycles. The minimum atomic E-state index is -0.300. The van der Waals surface area contributed by atoms with Gasteiger partial charge in [-0.25, -0.2) is 0 Å². The quantitative estimate of drug-likeness (QED) is 0.696. The number of rotatable bonds is 6. The lowest BCUT2D eigenvalue weighted by Crippen LogP contribution is -2.39. The Morgan fingerprint density at radius 3 is 2.32 bits per heavy atom. The summed E-state index contributed by atoms with van der Waals surface area (Å²) in [6.07, 6.45) is 2.52. The zero-order chi connectivity index (χ0) is 14.6. The summed E-state index contributed by atoms with van der Waals surface area (Å²) in [5, 5.41) is 0. The summed E-state index contributed by atoms with van der Waals surface area (Å²) >= 11 is 0. The molecule has 1 atom stereocenters. The monoisotopic (exact) mass is 269 g/mol. The van der Waals surface area contributed by atoms with Crippen LogP contribution in [0.3, 0.4) is 0 Å². The second kappa shape index (κ2) is 6.40. The maximum atomic E-state index is 12.3. The molecule has 1 unspecified atom stereocenters. The van der Waals surface area contributed by atoms with Crippen LogP contribution in [-0.4, -0.2) is 36.0 Å². The molecule has 110 valence electrons. The Balaban J connectivity index is 2.56. The molecule has 0 bridgehead atoms. The second-order valence-electron chi connectivity index (χ2n) is 6.53. The SMILES string of the molecule is CCOC(=O)CN(C(=O)CC(C)C(C)(C)C)C1CC1. The zero-order valence-corrected chi connectivity index (χ0v) is 12.9. The first-order valence-corrected chi connectivity index (χ1v) is 7.20. The van der Waals surface area contributed by atoms with Gasteiger partial charge in [0, 0.05) is 12.5 Å². The van der Waals surface area contributed by atoms with Gasteiger partial charge >= 0.3 is 5.97 Å². The Hall–Kier alpha value is -1.06. The molecule has 1 aliphatic carbocycles. The highest BCUT2D eigenvalue weighted by Gasteiger charge is 2.35. The molecule has 0 saturated heterocycles. The van der Waals surface area contributed by atoms with Gasteiger partial charge in [-0.15, -0.1) is 0 Å². The molecule has 0 N–H and O–H groups in total. The number of hydrogen-bond acceptors (Lipinski definition) is 3. The van der Waals surface area contributed by atoms with Crippen molar-refractivity contribution in [3.8, 4) is 0 Å². The molecule has 0 radical (unpaired) electrons. The molecular weight excluding hydrogens is 242 g/mol. The Kier molecular flexibility index (Phi) is 5.39. The van der Waals surface area contributed by atoms with Crippen LogP contribution < -0.4 is 0 Å². The lowest BCUT2D eigenvalue weighted by molar-refractivity contribution is -0.149. The summed E-state index contributed by atoms with van der Waals surface area (Å²) in [4.78, 5) is 25.6. The smallest absolute Gasteiger partial charge is 0.325 e. The van der Waals surface area contributed by atoms with Crippen molar-refractivity contribution in [3.63, 3.8) is 0 Å². The second-order valence-corrected chi connectivity index (χ2v) is 6.53. The van der Waals surface area contributed by atoms with E-state index in [0.717, 1.165) is 12.8 Å². The maximum absolute atomic E-state index is 12.3. The van der Waals surface area contributed by atoms with Crippen LogP contribution in [0.1, 0.15) is 53.9 Å². The molecular formula is C15H27NO3. The zero-order valence-electron chi connectivity index (χ0n) is 12.9. The van der Waals surface area contributed by atoms with E-state index in [4.69, 9.17) is 4.74 Å². The van der Waals surface area contributed by atoms with Crippen LogP contribution in [0.25, 0.3) is 0 Å². The first-order valence-electron chi connectivity index (χ1n) is 7.20. The lowest BCUT2D eigenvalue weighted by Gasteiger charge is -2.29. The fraction of sp³-hybridized carbons (Fsp3) is 0.867. The van der Waals surface area contributed by atoms with Crippen molar-refractivity contribution >= 4 is 11.9 Å². The fourth-order valence-corrected chi connectivity index (χ4v) is 1.84. The predicted octanol–water partition coefficient (Wildman–Crippen LogP) is 2.61. The Morgan fingerprint density at radius 2 is 1.89 bits per heavy atom. The summed E-state index contributed by atoms with van der Waals surface area (Å²) in [5.74, 6) is 0.0765. The highest BCUT2D eigenvalue weighted by molar-refractivity contribution is 5.82. The molecule has 1 aliphatic rings. The van der Waals surface area contributed by atoms with Crippen molar-refractivity contribution in [1.29, 1.82) is 0 Å². The van der Waals surface area contributed by atoms with E-state index in [2.05, 4.69) is 27.7 Å². The molecule has 0 aromatic heterocycles. The molecule has 4 heteroatoms. The minimum Gasteiger partial charge on any atom is -0.465 e. The number of carbonyl (C=O) groups excluding carboxylic acids is 2. The van der Waals surface area contributed by atoms with Crippen LogP contribution in [0.15, 0.2) is 0 Å². The number of esters is 1. The largest absolute Gasteiger partial charge is 0.465 e. The van der Waals surface area contributed by atoms with E-state index >= 15 is 0 Å². The minimum absolute atomic E-state index is 0.0815. The van der Waals surface area contributed by atoms with E-state index in [1.165, 1.54) is 0 Å². The highest BCUT2D eigenvalue weighted by atomic mass is 16.5. The van der Waals surface area contributed by atoms with Crippen molar-refractivity contribution in [3.05, 3.63) is 0 Å². The van der Waals surface area contributed by atoms with Crippen molar-refractivity contribution in [1.82, 2.24) is 4.90 Å². The first kappa shape index (κ1) is 16.0. The molecule has 4 nitrogen and oxygen atoms in total. The van der Waals surface area contributed by atoms with Gasteiger partial charge in [-0.1, -0.05) is 27.7 Å². The van der Waals surface area contributed by atoms with Crippen LogP contribution in [-0.2, 0) is 14.3 Å². The molecule has 19 heavy (non-hydrogen) atoms. The summed E-state index contributed by atoms with van der Waals surface area (Å²) in [7, 11) is 0. The van der Waals surface area contributed by atoms with Gasteiger partial charge < -0.3 is 9.64 Å². The average Bonchev–Trinajstić information content (AvgIpc) is 3.08. The molecule has 0 aromatic carbocycles. The van der Waals surface area contributed by atoms with Crippen molar-refractivity contribution in [2.45, 2.75) is 59.9 Å². The number of amides is 1. The number of hydrogen-bond donors (Lipinski definition) is 0. The lowest BCUT2D eigenvalue weighted by atomic mass is 9.80. The van der Waals surface area contributed by atoms with Crippen molar-refractivity contribution in [2.24, 2.45) is 11.3 Å². The molecule has 0 aliphatic heterocycles. The topological polar surface area (TPSA) is 46.6 Å². The third-order valence-corrected chi connectivity index (χ3v) is 3.87. The number of carbonyl (C=O) groups is 2. The number of ether oxygens (including phenoxy) is 1. The van der Waals surface area contributed by atoms with Gasteiger partial charge in [-0.2, -0.15) is 0 Å². The standard InChI is InChI=1S/C15H27NO3/c1-6-19-14(18)10-16(12-7-8-12)13(17)9-11(2)15(3,4)5/h11-12H,6-10H2,1-5H3. The molecule has 0 spiro atoms. The van der Waals surface area contributed by atoms with Gasteiger partial charge in [0.2, 0.25) is 5.91 Å². The Labute approximate surface area is 116 Å². The highest BCUT2D eigenvalue weighted by Crippen LogP contribution is 2.32. The van der Waals surface area contributed by atoms with Gasteiger partial charge in [0.05, 0.1) is 6.61 Å². The van der Waals surface area contributed by atoms with Gasteiger partial charge in [-0.05, 0) is 31.1 Å². The van der Waals surface area contributed by atoms with E-state index in [9.17, 15) is 9.59 Å². The summed E-state index contributed by atoms with van der Waals surface area (Å²) in [6, 6.07) is 0.254. The van der Waals surface area contributed by atoms with Crippen molar-refractivity contribution in [2.75, 3.05) is 13.2 Å². The summed E-state index contributed by atoms with van der Waals surface area (Å²) < 4.78 is 4.94. The number of nitrogens with zero attached hydrogens (tertiary/aromatic N) is 1. The molecule has 1 fully saturated rings. The predicted molar refractivity (Wildman–Crippen MR) is 74.6 cm³/mol. The summed E-state index contributed by atoms with van der Waals surface area (Å²) in [6.45, 7) is 10.8. The molecule has 1 amide bonds. The Morgan fingerprint density at radius 1 is 1.32 bits per heavy atom. The van der Waals surface area contributed by atoms with Gasteiger partial charge in [-0.3, -0.25) is 9.59 Å². The van der Waals surface area contributed by atoms with Crippen molar-refractivity contribution < 1.29 is 14.3 Å². The van der Waals surface area contributed by atoms with E-state index in [1.807, 2.05) is 0 Å². The van der Waals surface area contributed by atoms with E-state index < -0.39 is 0 Å². The van der Waals surface area contributed by atoms with Crippen LogP contribution in [0.5, 0.6) is 0 Å². The Bertz CT molecular complexity index is 329. The third-order valence-electron chi connectivity index (χ3n) is 3.87. The molecule has 0 aromatic rings. The van der Waals surface area contributed by atoms with Gasteiger partial charge in [0.15, 0.2) is 0 Å². The van der Waals surface area contributed by atoms with Crippen LogP contribution in [0.2, 0.25) is 0 Å². The molecule has 0 heterocycles. The maximum Gasteiger partial charge on any atom is 0.325 e. The third kappa shape index (κ3) is 5.21.